The van der Waals surface area contributed by atoms with Gasteiger partial charge >= 0.3 is 5.97 Å². The molecule has 0 aliphatic heterocycles. The Morgan fingerprint density at radius 1 is 1.22 bits per heavy atom. The van der Waals surface area contributed by atoms with Crippen LogP contribution >= 0.6 is 11.6 Å². The molecule has 27 heavy (non-hydrogen) atoms. The molecule has 138 valence electrons. The van der Waals surface area contributed by atoms with Crippen LogP contribution in [0.15, 0.2) is 42.5 Å². The Labute approximate surface area is 158 Å². The van der Waals surface area contributed by atoms with E-state index in [-0.39, 0.29) is 28.2 Å². The van der Waals surface area contributed by atoms with E-state index in [4.69, 9.17) is 22.1 Å². The molecular weight excluding hydrogens is 374 g/mol. The van der Waals surface area contributed by atoms with Crippen molar-refractivity contribution in [1.29, 1.82) is 0 Å². The number of nitro groups is 1. The highest BCUT2D eigenvalue weighted by molar-refractivity contribution is 6.20. The van der Waals surface area contributed by atoms with Crippen LogP contribution in [0.1, 0.15) is 33.3 Å². The lowest BCUT2D eigenvalue weighted by Crippen LogP contribution is -2.09. The highest BCUT2D eigenvalue weighted by atomic mass is 35.5. The summed E-state index contributed by atoms with van der Waals surface area (Å²) in [6.45, 7) is 1.51. The van der Waals surface area contributed by atoms with Gasteiger partial charge in [-0.05, 0) is 25.1 Å². The largest absolute Gasteiger partial charge is 0.443 e. The number of hydrogen-bond donors (Lipinski definition) is 2. The molecule has 3 N–H and O–H groups in total. The number of esters is 1. The standard InChI is InChI=1S/C18H14ClN3O5/c1-9(19)27-18(24)11-5-6-13-14(8-11)21-16(15(13)20)17(23)10-3-2-4-12(7-10)22(25)26/h2-9,21H,20H2,1H3. The molecule has 1 heterocycles. The first-order valence-corrected chi connectivity index (χ1v) is 8.27. The number of fused-ring (bicyclic) bond motifs is 1. The average Bonchev–Trinajstić information content (AvgIpc) is 2.96. The van der Waals surface area contributed by atoms with Crippen LogP contribution in [0, 0.1) is 10.1 Å². The summed E-state index contributed by atoms with van der Waals surface area (Å²) in [6, 6.07) is 9.95. The number of benzene rings is 2. The fourth-order valence-electron chi connectivity index (χ4n) is 2.65. The highest BCUT2D eigenvalue weighted by Gasteiger charge is 2.20. The first kappa shape index (κ1) is 18.4. The fraction of sp³-hybridized carbons (Fsp3) is 0.111. The van der Waals surface area contributed by atoms with Gasteiger partial charge in [0, 0.05) is 28.6 Å². The summed E-state index contributed by atoms with van der Waals surface area (Å²) in [5.41, 5.74) is 6.17. The van der Waals surface area contributed by atoms with Crippen LogP contribution in [0.25, 0.3) is 10.9 Å². The second kappa shape index (κ2) is 7.08. The van der Waals surface area contributed by atoms with Crippen molar-refractivity contribution in [2.45, 2.75) is 12.5 Å². The maximum absolute atomic E-state index is 12.7. The number of non-ortho nitro benzene ring substituents is 1. The first-order chi connectivity index (χ1) is 12.8. The van der Waals surface area contributed by atoms with E-state index in [0.29, 0.717) is 10.9 Å². The third kappa shape index (κ3) is 3.61. The summed E-state index contributed by atoms with van der Waals surface area (Å²) in [6.07, 6.45) is 0. The lowest BCUT2D eigenvalue weighted by Gasteiger charge is -2.05. The molecular formula is C18H14ClN3O5. The van der Waals surface area contributed by atoms with Crippen molar-refractivity contribution >= 4 is 45.6 Å². The van der Waals surface area contributed by atoms with Gasteiger partial charge < -0.3 is 15.5 Å². The number of aromatic amines is 1. The predicted molar refractivity (Wildman–Crippen MR) is 100.0 cm³/mol. The Bertz CT molecular complexity index is 1070. The number of alkyl halides is 1. The van der Waals surface area contributed by atoms with Crippen LogP contribution in [-0.4, -0.2) is 27.2 Å². The molecule has 3 aromatic rings. The summed E-state index contributed by atoms with van der Waals surface area (Å²) in [5.74, 6) is -1.11. The molecule has 0 aliphatic carbocycles. The third-order valence-electron chi connectivity index (χ3n) is 3.89. The van der Waals surface area contributed by atoms with E-state index >= 15 is 0 Å². The molecule has 0 spiro atoms. The predicted octanol–water partition coefficient (Wildman–Crippen LogP) is 3.63. The molecule has 2 aromatic carbocycles. The lowest BCUT2D eigenvalue weighted by atomic mass is 10.1. The number of nitrogens with two attached hydrogens (primary N) is 1. The topological polar surface area (TPSA) is 128 Å². The van der Waals surface area contributed by atoms with Gasteiger partial charge in [-0.15, -0.1) is 0 Å². The third-order valence-corrected chi connectivity index (χ3v) is 3.98. The zero-order chi connectivity index (χ0) is 19.7. The van der Waals surface area contributed by atoms with Crippen molar-refractivity contribution in [1.82, 2.24) is 4.98 Å². The van der Waals surface area contributed by atoms with E-state index in [1.807, 2.05) is 0 Å². The summed E-state index contributed by atoms with van der Waals surface area (Å²) in [5, 5.41) is 11.4. The van der Waals surface area contributed by atoms with Crippen molar-refractivity contribution in [2.24, 2.45) is 0 Å². The van der Waals surface area contributed by atoms with Crippen LogP contribution < -0.4 is 5.73 Å². The Kier molecular flexibility index (Phi) is 4.83. The minimum Gasteiger partial charge on any atom is -0.443 e. The SMILES string of the molecule is CC(Cl)OC(=O)c1ccc2c(N)c(C(=O)c3cccc([N+](=O)[O-])c3)[nH]c2c1. The number of carbonyl (C=O) groups is 2. The number of anilines is 1. The number of nitrogens with one attached hydrogen (secondary N) is 1. The van der Waals surface area contributed by atoms with Crippen LogP contribution in [0.4, 0.5) is 11.4 Å². The number of rotatable bonds is 5. The number of nitrogens with zero attached hydrogens (tertiary/aromatic N) is 1. The zero-order valence-electron chi connectivity index (χ0n) is 14.1. The molecule has 9 heteroatoms. The molecule has 1 unspecified atom stereocenters. The van der Waals surface area contributed by atoms with Gasteiger partial charge in [0.25, 0.3) is 5.69 Å². The lowest BCUT2D eigenvalue weighted by molar-refractivity contribution is -0.384. The average molecular weight is 388 g/mol. The molecule has 0 amide bonds. The Hall–Kier alpha value is -3.39. The summed E-state index contributed by atoms with van der Waals surface area (Å²) < 4.78 is 4.93. The minimum atomic E-state index is -0.784. The van der Waals surface area contributed by atoms with Crippen LogP contribution in [-0.2, 0) is 4.74 Å². The van der Waals surface area contributed by atoms with Gasteiger partial charge in [0.05, 0.1) is 16.2 Å². The molecule has 3 rings (SSSR count). The summed E-state index contributed by atoms with van der Waals surface area (Å²) >= 11 is 5.65. The Morgan fingerprint density at radius 3 is 2.63 bits per heavy atom. The molecule has 0 saturated heterocycles. The Morgan fingerprint density at radius 2 is 1.96 bits per heavy atom. The number of hydrogen-bond acceptors (Lipinski definition) is 6. The molecule has 0 aliphatic rings. The number of ether oxygens (including phenoxy) is 1. The normalized spacial score (nSPS) is 11.9. The number of nitro benzene ring substituents is 1. The summed E-state index contributed by atoms with van der Waals surface area (Å²) in [4.78, 5) is 37.9. The fourth-order valence-corrected chi connectivity index (χ4v) is 2.73. The Balaban J connectivity index is 2.01. The molecule has 1 atom stereocenters. The number of aromatic nitrogens is 1. The smallest absolute Gasteiger partial charge is 0.339 e. The van der Waals surface area contributed by atoms with Crippen molar-refractivity contribution in [3.05, 3.63) is 69.4 Å². The highest BCUT2D eigenvalue weighted by Crippen LogP contribution is 2.28. The van der Waals surface area contributed by atoms with Gasteiger partial charge in [-0.1, -0.05) is 23.7 Å². The number of halogens is 1. The van der Waals surface area contributed by atoms with Crippen LogP contribution in [0.3, 0.4) is 0 Å². The van der Waals surface area contributed by atoms with Gasteiger partial charge in [-0.25, -0.2) is 4.79 Å². The molecule has 1 aromatic heterocycles. The number of nitrogen functional groups attached to an aromatic ring is 1. The van der Waals surface area contributed by atoms with Crippen molar-refractivity contribution < 1.29 is 19.2 Å². The number of H-pyrrole nitrogens is 1. The van der Waals surface area contributed by atoms with Crippen molar-refractivity contribution in [3.8, 4) is 0 Å². The van der Waals surface area contributed by atoms with E-state index in [9.17, 15) is 19.7 Å². The van der Waals surface area contributed by atoms with Gasteiger partial charge in [0.15, 0.2) is 5.56 Å². The number of ketones is 1. The van der Waals surface area contributed by atoms with E-state index in [1.165, 1.54) is 43.3 Å². The van der Waals surface area contributed by atoms with Crippen molar-refractivity contribution in [2.75, 3.05) is 5.73 Å². The van der Waals surface area contributed by atoms with Gasteiger partial charge in [-0.3, -0.25) is 14.9 Å². The maximum atomic E-state index is 12.7. The quantitative estimate of drug-likeness (QED) is 0.226. The van der Waals surface area contributed by atoms with Crippen molar-refractivity contribution in [3.63, 3.8) is 0 Å². The number of carbonyl (C=O) groups excluding carboxylic acids is 2. The second-order valence-corrected chi connectivity index (χ2v) is 6.37. The van der Waals surface area contributed by atoms with E-state index in [1.54, 1.807) is 6.07 Å². The van der Waals surface area contributed by atoms with E-state index < -0.39 is 22.2 Å². The maximum Gasteiger partial charge on any atom is 0.339 e. The van der Waals surface area contributed by atoms with Gasteiger partial charge in [0.1, 0.15) is 5.69 Å². The molecule has 0 radical (unpaired) electrons. The minimum absolute atomic E-state index is 0.0849. The van der Waals surface area contributed by atoms with Crippen LogP contribution in [0.2, 0.25) is 0 Å². The molecule has 0 fully saturated rings. The molecule has 8 nitrogen and oxygen atoms in total. The van der Waals surface area contributed by atoms with Gasteiger partial charge in [0.2, 0.25) is 5.78 Å². The van der Waals surface area contributed by atoms with Gasteiger partial charge in [-0.2, -0.15) is 0 Å². The first-order valence-electron chi connectivity index (χ1n) is 7.83. The second-order valence-electron chi connectivity index (χ2n) is 5.76. The molecule has 0 saturated carbocycles. The monoisotopic (exact) mass is 387 g/mol. The van der Waals surface area contributed by atoms with E-state index in [0.717, 1.165) is 0 Å². The molecule has 0 bridgehead atoms. The van der Waals surface area contributed by atoms with Crippen LogP contribution in [0.5, 0.6) is 0 Å². The van der Waals surface area contributed by atoms with E-state index in [2.05, 4.69) is 4.98 Å². The zero-order valence-corrected chi connectivity index (χ0v) is 14.8. The summed E-state index contributed by atoms with van der Waals surface area (Å²) in [7, 11) is 0.